The molecule has 0 atom stereocenters. The Morgan fingerprint density at radius 1 is 1.22 bits per heavy atom. The lowest BCUT2D eigenvalue weighted by Crippen LogP contribution is -2.38. The van der Waals surface area contributed by atoms with E-state index < -0.39 is 6.36 Å². The molecule has 3 aromatic rings. The SMILES string of the molecule is Cc1cc(C(=O)N(CCN(C)C)c2nc3ccc(OC(F)(F)F)cc3s2)n(C(C)C)n1.Cl. The fourth-order valence-electron chi connectivity index (χ4n) is 3.00. The molecule has 1 amide bonds. The Balaban J connectivity index is 0.00000363. The van der Waals surface area contributed by atoms with E-state index in [4.69, 9.17) is 0 Å². The second-order valence-electron chi connectivity index (χ2n) is 7.64. The van der Waals surface area contributed by atoms with E-state index in [9.17, 15) is 18.0 Å². The van der Waals surface area contributed by atoms with Crippen molar-refractivity contribution in [2.45, 2.75) is 33.2 Å². The molecule has 0 unspecified atom stereocenters. The van der Waals surface area contributed by atoms with Crippen LogP contribution in [0.25, 0.3) is 10.2 Å². The first-order valence-corrected chi connectivity index (χ1v) is 10.5. The average Bonchev–Trinajstić information content (AvgIpc) is 3.23. The van der Waals surface area contributed by atoms with E-state index >= 15 is 0 Å². The molecule has 0 saturated heterocycles. The third-order valence-electron chi connectivity index (χ3n) is 4.40. The summed E-state index contributed by atoms with van der Waals surface area (Å²) in [6, 6.07) is 5.66. The van der Waals surface area contributed by atoms with E-state index in [-0.39, 0.29) is 30.1 Å². The van der Waals surface area contributed by atoms with Crippen molar-refractivity contribution in [2.24, 2.45) is 0 Å². The molecule has 2 heterocycles. The van der Waals surface area contributed by atoms with Crippen molar-refractivity contribution >= 4 is 45.0 Å². The minimum absolute atomic E-state index is 0. The van der Waals surface area contributed by atoms with Crippen LogP contribution in [0.3, 0.4) is 0 Å². The second kappa shape index (κ2) is 10.1. The van der Waals surface area contributed by atoms with Crippen LogP contribution in [0.5, 0.6) is 5.75 Å². The summed E-state index contributed by atoms with van der Waals surface area (Å²) < 4.78 is 43.8. The maximum atomic E-state index is 13.5. The molecule has 2 aromatic heterocycles. The van der Waals surface area contributed by atoms with Crippen molar-refractivity contribution in [3.8, 4) is 5.75 Å². The number of nitrogens with zero attached hydrogens (tertiary/aromatic N) is 5. The Kier molecular flexibility index (Phi) is 8.13. The van der Waals surface area contributed by atoms with Gasteiger partial charge >= 0.3 is 6.36 Å². The molecule has 0 bridgehead atoms. The van der Waals surface area contributed by atoms with Gasteiger partial charge in [-0.1, -0.05) is 11.3 Å². The Morgan fingerprint density at radius 3 is 2.50 bits per heavy atom. The molecule has 176 valence electrons. The molecular formula is C20H25ClF3N5O2S. The number of aromatic nitrogens is 3. The quantitative estimate of drug-likeness (QED) is 0.470. The number of alkyl halides is 3. The van der Waals surface area contributed by atoms with Crippen molar-refractivity contribution in [1.29, 1.82) is 0 Å². The number of likely N-dealkylation sites (N-methyl/N-ethyl adjacent to an activating group) is 1. The predicted octanol–water partition coefficient (Wildman–Crippen LogP) is 4.91. The monoisotopic (exact) mass is 491 g/mol. The summed E-state index contributed by atoms with van der Waals surface area (Å²) in [6.45, 7) is 6.64. The molecule has 0 aliphatic rings. The molecule has 0 saturated carbocycles. The van der Waals surface area contributed by atoms with Gasteiger partial charge in [-0.3, -0.25) is 14.4 Å². The fraction of sp³-hybridized carbons (Fsp3) is 0.450. The number of ether oxygens (including phenoxy) is 1. The first-order valence-electron chi connectivity index (χ1n) is 9.63. The number of hydrogen-bond donors (Lipinski definition) is 0. The standard InChI is InChI=1S/C20H24F3N5O2S.ClH/c1-12(2)28-16(10-13(3)25-28)18(29)27(9-8-26(4)5)19-24-15-7-6-14(11-17(15)31-19)30-20(21,22)23;/h6-7,10-12H,8-9H2,1-5H3;1H. The molecule has 3 rings (SSSR count). The van der Waals surface area contributed by atoms with Gasteiger partial charge in [0.25, 0.3) is 5.91 Å². The Hall–Kier alpha value is -2.37. The van der Waals surface area contributed by atoms with Crippen LogP contribution in [-0.4, -0.2) is 59.1 Å². The summed E-state index contributed by atoms with van der Waals surface area (Å²) in [6.07, 6.45) is -4.78. The largest absolute Gasteiger partial charge is 0.573 e. The van der Waals surface area contributed by atoms with E-state index in [1.807, 2.05) is 39.8 Å². The number of rotatable bonds is 7. The maximum absolute atomic E-state index is 13.5. The summed E-state index contributed by atoms with van der Waals surface area (Å²) in [5.41, 5.74) is 1.65. The smallest absolute Gasteiger partial charge is 0.406 e. The summed E-state index contributed by atoms with van der Waals surface area (Å²) in [4.78, 5) is 21.4. The highest BCUT2D eigenvalue weighted by atomic mass is 35.5. The van der Waals surface area contributed by atoms with Gasteiger partial charge in [0.2, 0.25) is 0 Å². The van der Waals surface area contributed by atoms with Gasteiger partial charge in [-0.15, -0.1) is 25.6 Å². The van der Waals surface area contributed by atoms with E-state index in [0.717, 1.165) is 17.0 Å². The van der Waals surface area contributed by atoms with Crippen LogP contribution < -0.4 is 9.64 Å². The van der Waals surface area contributed by atoms with Gasteiger partial charge < -0.3 is 9.64 Å². The van der Waals surface area contributed by atoms with Crippen molar-refractivity contribution in [2.75, 3.05) is 32.1 Å². The van der Waals surface area contributed by atoms with E-state index in [1.165, 1.54) is 18.2 Å². The number of carbonyl (C=O) groups excluding carboxylic acids is 1. The van der Waals surface area contributed by atoms with Crippen molar-refractivity contribution in [1.82, 2.24) is 19.7 Å². The zero-order chi connectivity index (χ0) is 22.9. The zero-order valence-electron chi connectivity index (χ0n) is 18.3. The third-order valence-corrected chi connectivity index (χ3v) is 5.44. The topological polar surface area (TPSA) is 63.5 Å². The van der Waals surface area contributed by atoms with Crippen LogP contribution in [0.2, 0.25) is 0 Å². The van der Waals surface area contributed by atoms with Crippen LogP contribution in [0.4, 0.5) is 18.3 Å². The number of halogens is 4. The number of thiazole rings is 1. The number of anilines is 1. The minimum atomic E-state index is -4.78. The number of amides is 1. The number of hydrogen-bond acceptors (Lipinski definition) is 6. The predicted molar refractivity (Wildman–Crippen MR) is 121 cm³/mol. The molecule has 1 aromatic carbocycles. The number of fused-ring (bicyclic) bond motifs is 1. The van der Waals surface area contributed by atoms with E-state index in [1.54, 1.807) is 15.6 Å². The Labute approximate surface area is 194 Å². The van der Waals surface area contributed by atoms with Gasteiger partial charge in [0.1, 0.15) is 11.4 Å². The molecule has 0 aliphatic heterocycles. The van der Waals surface area contributed by atoms with Crippen molar-refractivity contribution in [3.63, 3.8) is 0 Å². The highest BCUT2D eigenvalue weighted by molar-refractivity contribution is 7.22. The molecule has 32 heavy (non-hydrogen) atoms. The van der Waals surface area contributed by atoms with Crippen LogP contribution in [0.1, 0.15) is 36.1 Å². The Bertz CT molecular complexity index is 1080. The normalized spacial score (nSPS) is 11.8. The van der Waals surface area contributed by atoms with Gasteiger partial charge in [-0.25, -0.2) is 4.98 Å². The molecule has 0 spiro atoms. The first-order chi connectivity index (χ1) is 14.4. The summed E-state index contributed by atoms with van der Waals surface area (Å²) >= 11 is 1.14. The molecule has 0 radical (unpaired) electrons. The van der Waals surface area contributed by atoms with Crippen LogP contribution in [0.15, 0.2) is 24.3 Å². The first kappa shape index (κ1) is 25.9. The molecule has 0 fully saturated rings. The van der Waals surface area contributed by atoms with E-state index in [2.05, 4.69) is 14.8 Å². The van der Waals surface area contributed by atoms with Crippen LogP contribution in [-0.2, 0) is 0 Å². The lowest BCUT2D eigenvalue weighted by molar-refractivity contribution is -0.274. The number of aryl methyl sites for hydroxylation is 1. The maximum Gasteiger partial charge on any atom is 0.573 e. The fourth-order valence-corrected chi connectivity index (χ4v) is 4.02. The van der Waals surface area contributed by atoms with Crippen molar-refractivity contribution < 1.29 is 22.7 Å². The van der Waals surface area contributed by atoms with Gasteiger partial charge in [-0.2, -0.15) is 5.10 Å². The third kappa shape index (κ3) is 6.11. The van der Waals surface area contributed by atoms with Gasteiger partial charge in [0.15, 0.2) is 5.13 Å². The average molecular weight is 492 g/mol. The van der Waals surface area contributed by atoms with Gasteiger partial charge in [0, 0.05) is 25.2 Å². The summed E-state index contributed by atoms with van der Waals surface area (Å²) in [5.74, 6) is -0.586. The number of benzene rings is 1. The molecule has 0 N–H and O–H groups in total. The molecule has 0 aliphatic carbocycles. The molecule has 12 heteroatoms. The lowest BCUT2D eigenvalue weighted by Gasteiger charge is -2.22. The molecule has 7 nitrogen and oxygen atoms in total. The Morgan fingerprint density at radius 2 is 1.91 bits per heavy atom. The van der Waals surface area contributed by atoms with Gasteiger partial charge in [0.05, 0.1) is 15.9 Å². The van der Waals surface area contributed by atoms with E-state index in [0.29, 0.717) is 34.1 Å². The van der Waals surface area contributed by atoms with Crippen LogP contribution >= 0.6 is 23.7 Å². The van der Waals surface area contributed by atoms with Gasteiger partial charge in [-0.05, 0) is 53.1 Å². The lowest BCUT2D eigenvalue weighted by atomic mass is 10.3. The highest BCUT2D eigenvalue weighted by Gasteiger charge is 2.31. The second-order valence-corrected chi connectivity index (χ2v) is 8.65. The molecular weight excluding hydrogens is 467 g/mol. The number of carbonyl (C=O) groups is 1. The van der Waals surface area contributed by atoms with Crippen LogP contribution in [0, 0.1) is 6.92 Å². The zero-order valence-corrected chi connectivity index (χ0v) is 19.9. The summed E-state index contributed by atoms with van der Waals surface area (Å²) in [5, 5.41) is 4.81. The minimum Gasteiger partial charge on any atom is -0.406 e. The summed E-state index contributed by atoms with van der Waals surface area (Å²) in [7, 11) is 3.79. The van der Waals surface area contributed by atoms with Crippen molar-refractivity contribution in [3.05, 3.63) is 35.7 Å². The highest BCUT2D eigenvalue weighted by Crippen LogP contribution is 2.34.